The Morgan fingerprint density at radius 3 is 2.52 bits per heavy atom. The normalized spacial score (nSPS) is 10.1. The number of carbonyl (C=O) groups excluding carboxylic acids is 1. The first-order valence-electron chi connectivity index (χ1n) is 8.21. The van der Waals surface area contributed by atoms with E-state index < -0.39 is 0 Å². The van der Waals surface area contributed by atoms with Gasteiger partial charge in [0.25, 0.3) is 5.91 Å². The molecule has 0 bridgehead atoms. The first-order chi connectivity index (χ1) is 13.0. The van der Waals surface area contributed by atoms with E-state index in [0.29, 0.717) is 41.0 Å². The van der Waals surface area contributed by atoms with Crippen molar-refractivity contribution >= 4 is 34.8 Å². The topological polar surface area (TPSA) is 68.8 Å². The van der Waals surface area contributed by atoms with Gasteiger partial charge in [-0.3, -0.25) is 10.1 Å². The van der Waals surface area contributed by atoms with Crippen LogP contribution in [0.1, 0.15) is 22.8 Å². The molecule has 2 N–H and O–H groups in total. The number of hydrogen-bond acceptors (Lipinski definition) is 5. The summed E-state index contributed by atoms with van der Waals surface area (Å²) in [6.45, 7) is 2.72. The minimum absolute atomic E-state index is 0.188. The number of hydrogen-bond donors (Lipinski definition) is 2. The van der Waals surface area contributed by atoms with Gasteiger partial charge in [-0.1, -0.05) is 17.7 Å². The molecule has 2 aromatic carbocycles. The number of carbonyl (C=O) groups is 1. The van der Waals surface area contributed by atoms with Crippen molar-refractivity contribution in [3.63, 3.8) is 0 Å². The SMILES string of the molecule is CCOc1cccc(C(=O)NC(=S)NCc2cc(OC)c(OC)cc2Cl)c1. The Balaban J connectivity index is 1.98. The number of amides is 1. The molecule has 0 fully saturated rings. The molecule has 0 aliphatic carbocycles. The van der Waals surface area contributed by atoms with Gasteiger partial charge in [0.1, 0.15) is 5.75 Å². The van der Waals surface area contributed by atoms with Crippen molar-refractivity contribution in [3.8, 4) is 17.2 Å². The number of rotatable bonds is 7. The highest BCUT2D eigenvalue weighted by Gasteiger charge is 2.12. The molecule has 0 heterocycles. The Hall–Kier alpha value is -2.51. The summed E-state index contributed by atoms with van der Waals surface area (Å²) in [5, 5.41) is 6.28. The van der Waals surface area contributed by atoms with E-state index in [0.717, 1.165) is 5.56 Å². The largest absolute Gasteiger partial charge is 0.494 e. The maximum Gasteiger partial charge on any atom is 0.257 e. The second kappa shape index (κ2) is 9.99. The molecule has 1 amide bonds. The third-order valence-corrected chi connectivity index (χ3v) is 4.22. The minimum Gasteiger partial charge on any atom is -0.494 e. The van der Waals surface area contributed by atoms with E-state index in [1.807, 2.05) is 6.92 Å². The second-order valence-electron chi connectivity index (χ2n) is 5.40. The first kappa shape index (κ1) is 20.8. The molecule has 0 saturated carbocycles. The van der Waals surface area contributed by atoms with Crippen molar-refractivity contribution in [1.82, 2.24) is 10.6 Å². The predicted molar refractivity (Wildman–Crippen MR) is 109 cm³/mol. The zero-order chi connectivity index (χ0) is 19.8. The molecule has 2 rings (SSSR count). The van der Waals surface area contributed by atoms with Crippen LogP contribution in [0, 0.1) is 0 Å². The van der Waals surface area contributed by atoms with Crippen LogP contribution in [0.4, 0.5) is 0 Å². The van der Waals surface area contributed by atoms with Crippen molar-refractivity contribution < 1.29 is 19.0 Å². The standard InChI is InChI=1S/C19H21ClN2O4S/c1-4-26-14-7-5-6-12(8-14)18(23)22-19(27)21-11-13-9-16(24-2)17(25-3)10-15(13)20/h5-10H,4,11H2,1-3H3,(H2,21,22,23,27). The molecule has 0 aliphatic rings. The van der Waals surface area contributed by atoms with Crippen LogP contribution in [-0.4, -0.2) is 31.8 Å². The molecule has 6 nitrogen and oxygen atoms in total. The van der Waals surface area contributed by atoms with Crippen LogP contribution in [0.3, 0.4) is 0 Å². The van der Waals surface area contributed by atoms with Crippen LogP contribution in [0.5, 0.6) is 17.2 Å². The molecule has 0 unspecified atom stereocenters. The van der Waals surface area contributed by atoms with Crippen molar-refractivity contribution in [3.05, 3.63) is 52.5 Å². The molecule has 0 spiro atoms. The third kappa shape index (κ3) is 5.74. The van der Waals surface area contributed by atoms with E-state index in [-0.39, 0.29) is 11.0 Å². The molecule has 27 heavy (non-hydrogen) atoms. The lowest BCUT2D eigenvalue weighted by atomic mass is 10.2. The molecular formula is C19H21ClN2O4S. The summed E-state index contributed by atoms with van der Waals surface area (Å²) < 4.78 is 15.9. The summed E-state index contributed by atoms with van der Waals surface area (Å²) in [4.78, 5) is 12.3. The maximum atomic E-state index is 12.3. The van der Waals surface area contributed by atoms with E-state index in [2.05, 4.69) is 10.6 Å². The van der Waals surface area contributed by atoms with Crippen molar-refractivity contribution in [2.75, 3.05) is 20.8 Å². The number of ether oxygens (including phenoxy) is 3. The van der Waals surface area contributed by atoms with Crippen molar-refractivity contribution in [2.24, 2.45) is 0 Å². The second-order valence-corrected chi connectivity index (χ2v) is 6.21. The van der Waals surface area contributed by atoms with E-state index >= 15 is 0 Å². The summed E-state index contributed by atoms with van der Waals surface area (Å²) in [7, 11) is 3.08. The van der Waals surface area contributed by atoms with Gasteiger partial charge in [-0.2, -0.15) is 0 Å². The zero-order valence-electron chi connectivity index (χ0n) is 15.3. The number of benzene rings is 2. The number of nitrogens with one attached hydrogen (secondary N) is 2. The monoisotopic (exact) mass is 408 g/mol. The fourth-order valence-electron chi connectivity index (χ4n) is 2.32. The van der Waals surface area contributed by atoms with Crippen molar-refractivity contribution in [1.29, 1.82) is 0 Å². The lowest BCUT2D eigenvalue weighted by Crippen LogP contribution is -2.38. The van der Waals surface area contributed by atoms with Gasteiger partial charge in [0, 0.05) is 23.2 Å². The highest BCUT2D eigenvalue weighted by Crippen LogP contribution is 2.32. The van der Waals surface area contributed by atoms with E-state index in [1.54, 1.807) is 43.5 Å². The molecule has 144 valence electrons. The Kier molecular flexibility index (Phi) is 7.69. The Bertz CT molecular complexity index is 829. The molecule has 0 atom stereocenters. The van der Waals surface area contributed by atoms with Gasteiger partial charge in [0.2, 0.25) is 0 Å². The quantitative estimate of drug-likeness (QED) is 0.683. The molecule has 0 radical (unpaired) electrons. The minimum atomic E-state index is -0.326. The van der Waals surface area contributed by atoms with E-state index in [9.17, 15) is 4.79 Å². The van der Waals surface area contributed by atoms with Crippen LogP contribution in [0.2, 0.25) is 5.02 Å². The summed E-state index contributed by atoms with van der Waals surface area (Å²) >= 11 is 11.4. The predicted octanol–water partition coefficient (Wildman–Crippen LogP) is 3.56. The molecular weight excluding hydrogens is 388 g/mol. The smallest absolute Gasteiger partial charge is 0.257 e. The van der Waals surface area contributed by atoms with Gasteiger partial charge in [-0.05, 0) is 49.0 Å². The van der Waals surface area contributed by atoms with Gasteiger partial charge in [-0.15, -0.1) is 0 Å². The highest BCUT2D eigenvalue weighted by molar-refractivity contribution is 7.80. The molecule has 0 saturated heterocycles. The van der Waals surface area contributed by atoms with Crippen LogP contribution in [0.25, 0.3) is 0 Å². The average molecular weight is 409 g/mol. The fourth-order valence-corrected chi connectivity index (χ4v) is 2.71. The highest BCUT2D eigenvalue weighted by atomic mass is 35.5. The van der Waals surface area contributed by atoms with Gasteiger partial charge in [0.15, 0.2) is 16.6 Å². The number of thiocarbonyl (C=S) groups is 1. The van der Waals surface area contributed by atoms with Crippen molar-refractivity contribution in [2.45, 2.75) is 13.5 Å². The number of methoxy groups -OCH3 is 2. The summed E-state index contributed by atoms with van der Waals surface area (Å²) in [6.07, 6.45) is 0. The van der Waals surface area contributed by atoms with Crippen LogP contribution < -0.4 is 24.8 Å². The Morgan fingerprint density at radius 2 is 1.85 bits per heavy atom. The lowest BCUT2D eigenvalue weighted by Gasteiger charge is -2.14. The molecule has 8 heteroatoms. The lowest BCUT2D eigenvalue weighted by molar-refractivity contribution is 0.0976. The summed E-state index contributed by atoms with van der Waals surface area (Å²) in [5.74, 6) is 1.39. The van der Waals surface area contributed by atoms with Gasteiger partial charge in [0.05, 0.1) is 20.8 Å². The molecule has 2 aromatic rings. The fraction of sp³-hybridized carbons (Fsp3) is 0.263. The maximum absolute atomic E-state index is 12.3. The number of halogens is 1. The molecule has 0 aliphatic heterocycles. The van der Waals surface area contributed by atoms with Crippen LogP contribution >= 0.6 is 23.8 Å². The third-order valence-electron chi connectivity index (χ3n) is 3.63. The van der Waals surface area contributed by atoms with E-state index in [1.165, 1.54) is 7.11 Å². The summed E-state index contributed by atoms with van der Waals surface area (Å²) in [5.41, 5.74) is 1.21. The van der Waals surface area contributed by atoms with Gasteiger partial charge in [-0.25, -0.2) is 0 Å². The van der Waals surface area contributed by atoms with Crippen LogP contribution in [-0.2, 0) is 6.54 Å². The van der Waals surface area contributed by atoms with Crippen LogP contribution in [0.15, 0.2) is 36.4 Å². The van der Waals surface area contributed by atoms with E-state index in [4.69, 9.17) is 38.0 Å². The first-order valence-corrected chi connectivity index (χ1v) is 8.99. The molecule has 0 aromatic heterocycles. The Morgan fingerprint density at radius 1 is 1.15 bits per heavy atom. The van der Waals surface area contributed by atoms with Gasteiger partial charge >= 0.3 is 0 Å². The summed E-state index contributed by atoms with van der Waals surface area (Å²) in [6, 6.07) is 10.3. The van der Waals surface area contributed by atoms with Gasteiger partial charge < -0.3 is 19.5 Å². The zero-order valence-corrected chi connectivity index (χ0v) is 16.9. The Labute approximate surface area is 168 Å². The average Bonchev–Trinajstić information content (AvgIpc) is 2.67.